The molecule has 4 nitrogen and oxygen atoms in total. The molecule has 2 N–H and O–H groups in total. The van der Waals surface area contributed by atoms with Crippen LogP contribution in [0.1, 0.15) is 17.3 Å². The van der Waals surface area contributed by atoms with Gasteiger partial charge in [-0.25, -0.2) is 4.68 Å². The summed E-state index contributed by atoms with van der Waals surface area (Å²) < 4.78 is 7.07. The molecule has 0 fully saturated rings. The van der Waals surface area contributed by atoms with E-state index in [9.17, 15) is 0 Å². The molecule has 1 unspecified atom stereocenters. The van der Waals surface area contributed by atoms with Crippen LogP contribution in [0.15, 0.2) is 36.4 Å². The maximum Gasteiger partial charge on any atom is 0.122 e. The van der Waals surface area contributed by atoms with Crippen molar-refractivity contribution < 1.29 is 4.74 Å². The summed E-state index contributed by atoms with van der Waals surface area (Å²) in [5, 5.41) is 4.42. The molecule has 1 aromatic carbocycles. The Morgan fingerprint density at radius 2 is 2.06 bits per heavy atom. The lowest BCUT2D eigenvalue weighted by molar-refractivity contribution is 0.165. The van der Waals surface area contributed by atoms with Crippen LogP contribution in [0, 0.1) is 6.92 Å². The van der Waals surface area contributed by atoms with Crippen LogP contribution in [-0.2, 0) is 4.74 Å². The van der Waals surface area contributed by atoms with Crippen LogP contribution in [0.25, 0.3) is 0 Å². The normalized spacial score (nSPS) is 12.6. The number of nitrogens with zero attached hydrogens (tertiary/aromatic N) is 2. The van der Waals surface area contributed by atoms with Crippen LogP contribution in [0.5, 0.6) is 0 Å². The standard InChI is InChI=1S/C13H17N3O/c1-10-8-13(14)16(15-10)12(9-17-2)11-6-4-3-5-7-11/h3-8,12H,9,14H2,1-2H3. The summed E-state index contributed by atoms with van der Waals surface area (Å²) >= 11 is 0. The van der Waals surface area contributed by atoms with Gasteiger partial charge in [-0.05, 0) is 12.5 Å². The van der Waals surface area contributed by atoms with Crippen molar-refractivity contribution in [3.63, 3.8) is 0 Å². The molecule has 0 spiro atoms. The number of anilines is 1. The molecule has 1 heterocycles. The number of aromatic nitrogens is 2. The Balaban J connectivity index is 2.39. The van der Waals surface area contributed by atoms with Crippen molar-refractivity contribution >= 4 is 5.82 Å². The second-order valence-electron chi connectivity index (χ2n) is 4.04. The maximum atomic E-state index is 5.95. The summed E-state index contributed by atoms with van der Waals surface area (Å²) in [6, 6.07) is 12.0. The first-order chi connectivity index (χ1) is 8.22. The van der Waals surface area contributed by atoms with E-state index in [0.717, 1.165) is 11.3 Å². The zero-order chi connectivity index (χ0) is 12.3. The number of ether oxygens (including phenoxy) is 1. The first-order valence-electron chi connectivity index (χ1n) is 5.58. The molecular weight excluding hydrogens is 214 g/mol. The summed E-state index contributed by atoms with van der Waals surface area (Å²) in [5.41, 5.74) is 8.01. The van der Waals surface area contributed by atoms with Crippen molar-refractivity contribution in [2.45, 2.75) is 13.0 Å². The minimum absolute atomic E-state index is 0.0231. The molecule has 2 aromatic rings. The molecule has 90 valence electrons. The van der Waals surface area contributed by atoms with Gasteiger partial charge in [0.25, 0.3) is 0 Å². The van der Waals surface area contributed by atoms with Gasteiger partial charge in [0, 0.05) is 13.2 Å². The van der Waals surface area contributed by atoms with E-state index in [1.54, 1.807) is 7.11 Å². The predicted octanol–water partition coefficient (Wildman–Crippen LogP) is 2.01. The zero-order valence-electron chi connectivity index (χ0n) is 10.1. The Morgan fingerprint density at radius 1 is 1.35 bits per heavy atom. The molecule has 0 saturated heterocycles. The van der Waals surface area contributed by atoms with Crippen LogP contribution in [0.3, 0.4) is 0 Å². The van der Waals surface area contributed by atoms with E-state index in [-0.39, 0.29) is 6.04 Å². The number of nitrogen functional groups attached to an aromatic ring is 1. The highest BCUT2D eigenvalue weighted by molar-refractivity contribution is 5.33. The topological polar surface area (TPSA) is 53.1 Å². The minimum Gasteiger partial charge on any atom is -0.384 e. The van der Waals surface area contributed by atoms with Gasteiger partial charge < -0.3 is 10.5 Å². The number of hydrogen-bond donors (Lipinski definition) is 1. The Morgan fingerprint density at radius 3 is 2.59 bits per heavy atom. The van der Waals surface area contributed by atoms with E-state index >= 15 is 0 Å². The van der Waals surface area contributed by atoms with Crippen LogP contribution >= 0.6 is 0 Å². The Hall–Kier alpha value is -1.81. The lowest BCUT2D eigenvalue weighted by Gasteiger charge is -2.18. The lowest BCUT2D eigenvalue weighted by atomic mass is 10.1. The fourth-order valence-electron chi connectivity index (χ4n) is 1.93. The number of hydrogen-bond acceptors (Lipinski definition) is 3. The molecule has 0 amide bonds. The molecule has 2 rings (SSSR count). The van der Waals surface area contributed by atoms with Crippen molar-refractivity contribution in [1.82, 2.24) is 9.78 Å². The van der Waals surface area contributed by atoms with Gasteiger partial charge in [0.2, 0.25) is 0 Å². The first-order valence-corrected chi connectivity index (χ1v) is 5.58. The zero-order valence-corrected chi connectivity index (χ0v) is 10.1. The monoisotopic (exact) mass is 231 g/mol. The number of aryl methyl sites for hydroxylation is 1. The third kappa shape index (κ3) is 2.47. The first kappa shape index (κ1) is 11.7. The fourth-order valence-corrected chi connectivity index (χ4v) is 1.93. The van der Waals surface area contributed by atoms with Crippen molar-refractivity contribution in [1.29, 1.82) is 0 Å². The molecule has 0 radical (unpaired) electrons. The number of benzene rings is 1. The van der Waals surface area contributed by atoms with Gasteiger partial charge >= 0.3 is 0 Å². The molecule has 17 heavy (non-hydrogen) atoms. The van der Waals surface area contributed by atoms with E-state index in [4.69, 9.17) is 10.5 Å². The van der Waals surface area contributed by atoms with E-state index in [0.29, 0.717) is 12.4 Å². The SMILES string of the molecule is COCC(c1ccccc1)n1nc(C)cc1N. The summed E-state index contributed by atoms with van der Waals surface area (Å²) in [4.78, 5) is 0. The maximum absolute atomic E-state index is 5.95. The number of rotatable bonds is 4. The second kappa shape index (κ2) is 5.01. The van der Waals surface area contributed by atoms with Gasteiger partial charge in [-0.1, -0.05) is 30.3 Å². The predicted molar refractivity (Wildman–Crippen MR) is 67.8 cm³/mol. The van der Waals surface area contributed by atoms with Gasteiger partial charge in [-0.15, -0.1) is 0 Å². The number of nitrogens with two attached hydrogens (primary N) is 1. The molecule has 4 heteroatoms. The van der Waals surface area contributed by atoms with Crippen LogP contribution in [-0.4, -0.2) is 23.5 Å². The molecule has 0 aliphatic carbocycles. The van der Waals surface area contributed by atoms with Gasteiger partial charge in [0.15, 0.2) is 0 Å². The van der Waals surface area contributed by atoms with Crippen LogP contribution in [0.2, 0.25) is 0 Å². The van der Waals surface area contributed by atoms with Crippen molar-refractivity contribution in [3.05, 3.63) is 47.7 Å². The van der Waals surface area contributed by atoms with Gasteiger partial charge in [0.1, 0.15) is 11.9 Å². The third-order valence-electron chi connectivity index (χ3n) is 2.69. The van der Waals surface area contributed by atoms with Crippen molar-refractivity contribution in [3.8, 4) is 0 Å². The average Bonchev–Trinajstić information content (AvgIpc) is 2.66. The average molecular weight is 231 g/mol. The molecule has 0 bridgehead atoms. The van der Waals surface area contributed by atoms with E-state index < -0.39 is 0 Å². The van der Waals surface area contributed by atoms with E-state index in [2.05, 4.69) is 17.2 Å². The second-order valence-corrected chi connectivity index (χ2v) is 4.04. The molecule has 0 aliphatic heterocycles. The molecule has 0 aliphatic rings. The van der Waals surface area contributed by atoms with Crippen LogP contribution < -0.4 is 5.73 Å². The lowest BCUT2D eigenvalue weighted by Crippen LogP contribution is -2.19. The van der Waals surface area contributed by atoms with Crippen molar-refractivity contribution in [2.24, 2.45) is 0 Å². The van der Waals surface area contributed by atoms with Gasteiger partial charge in [-0.2, -0.15) is 5.10 Å². The Bertz CT molecular complexity index is 479. The summed E-state index contributed by atoms with van der Waals surface area (Å²) in [6.07, 6.45) is 0. The largest absolute Gasteiger partial charge is 0.384 e. The molecule has 0 saturated carbocycles. The Kier molecular flexibility index (Phi) is 3.44. The fraction of sp³-hybridized carbons (Fsp3) is 0.308. The molecular formula is C13H17N3O. The summed E-state index contributed by atoms with van der Waals surface area (Å²) in [6.45, 7) is 2.48. The van der Waals surface area contributed by atoms with E-state index in [1.165, 1.54) is 0 Å². The van der Waals surface area contributed by atoms with Crippen LogP contribution in [0.4, 0.5) is 5.82 Å². The minimum atomic E-state index is 0.0231. The third-order valence-corrected chi connectivity index (χ3v) is 2.69. The molecule has 1 aromatic heterocycles. The highest BCUT2D eigenvalue weighted by Gasteiger charge is 2.16. The highest BCUT2D eigenvalue weighted by atomic mass is 16.5. The number of methoxy groups -OCH3 is 1. The molecule has 1 atom stereocenters. The Labute approximate surface area is 101 Å². The summed E-state index contributed by atoms with van der Waals surface area (Å²) in [5.74, 6) is 0.661. The van der Waals surface area contributed by atoms with Gasteiger partial charge in [-0.3, -0.25) is 0 Å². The smallest absolute Gasteiger partial charge is 0.122 e. The highest BCUT2D eigenvalue weighted by Crippen LogP contribution is 2.21. The van der Waals surface area contributed by atoms with Crippen molar-refractivity contribution in [2.75, 3.05) is 19.5 Å². The van der Waals surface area contributed by atoms with E-state index in [1.807, 2.05) is 35.9 Å². The summed E-state index contributed by atoms with van der Waals surface area (Å²) in [7, 11) is 1.68. The van der Waals surface area contributed by atoms with Gasteiger partial charge in [0.05, 0.1) is 12.3 Å². The quantitative estimate of drug-likeness (QED) is 0.875.